The van der Waals surface area contributed by atoms with E-state index in [1.165, 1.54) is 44.9 Å². The lowest BCUT2D eigenvalue weighted by atomic mass is 9.98. The second-order valence-electron chi connectivity index (χ2n) is 7.03. The van der Waals surface area contributed by atoms with Gasteiger partial charge in [0.15, 0.2) is 0 Å². The number of allylic oxidation sites excluding steroid dienone is 2. The summed E-state index contributed by atoms with van der Waals surface area (Å²) in [5, 5.41) is 0. The lowest BCUT2D eigenvalue weighted by Crippen LogP contribution is -2.16. The first-order valence-electron chi connectivity index (χ1n) is 10.3. The standard InChI is InChI=1S/C20H39O5P/c1-3-5-6-7-8-9-10-11-12-13-14-15-16-17-18-19(4-2)20(21)25-26(22,23)24/h11-12,19H,3-10,13-18H2,1-2H3,(H2,22,23,24). The van der Waals surface area contributed by atoms with Crippen molar-refractivity contribution in [1.29, 1.82) is 0 Å². The Labute approximate surface area is 159 Å². The van der Waals surface area contributed by atoms with Crippen LogP contribution in [0.1, 0.15) is 104 Å². The highest BCUT2D eigenvalue weighted by Gasteiger charge is 2.26. The Morgan fingerprint density at radius 2 is 1.38 bits per heavy atom. The zero-order chi connectivity index (χ0) is 19.7. The van der Waals surface area contributed by atoms with Gasteiger partial charge < -0.3 is 4.52 Å². The van der Waals surface area contributed by atoms with Gasteiger partial charge in [-0.05, 0) is 38.5 Å². The van der Waals surface area contributed by atoms with Crippen molar-refractivity contribution in [3.8, 4) is 0 Å². The summed E-state index contributed by atoms with van der Waals surface area (Å²) in [4.78, 5) is 29.0. The van der Waals surface area contributed by atoms with Crippen LogP contribution >= 0.6 is 7.82 Å². The summed E-state index contributed by atoms with van der Waals surface area (Å²) in [7, 11) is -4.72. The minimum atomic E-state index is -4.72. The molecule has 0 aromatic carbocycles. The van der Waals surface area contributed by atoms with E-state index in [1.807, 2.05) is 6.92 Å². The molecule has 0 radical (unpaired) electrons. The normalized spacial score (nSPS) is 13.2. The molecule has 0 bridgehead atoms. The van der Waals surface area contributed by atoms with Crippen LogP contribution in [-0.2, 0) is 13.9 Å². The van der Waals surface area contributed by atoms with Gasteiger partial charge in [0.05, 0.1) is 5.92 Å². The van der Waals surface area contributed by atoms with Gasteiger partial charge in [-0.25, -0.2) is 4.57 Å². The van der Waals surface area contributed by atoms with E-state index in [0.717, 1.165) is 32.1 Å². The molecule has 0 aliphatic carbocycles. The number of unbranched alkanes of at least 4 members (excludes halogenated alkanes) is 10. The molecule has 0 saturated carbocycles. The van der Waals surface area contributed by atoms with E-state index in [-0.39, 0.29) is 0 Å². The molecule has 5 nitrogen and oxygen atoms in total. The maximum absolute atomic E-state index is 11.6. The molecular formula is C20H39O5P. The summed E-state index contributed by atoms with van der Waals surface area (Å²) in [5.41, 5.74) is 0. The largest absolute Gasteiger partial charge is 0.526 e. The van der Waals surface area contributed by atoms with Crippen molar-refractivity contribution >= 4 is 13.8 Å². The van der Waals surface area contributed by atoms with Gasteiger partial charge in [-0.2, -0.15) is 0 Å². The maximum atomic E-state index is 11.6. The SMILES string of the molecule is CCCCCCCCC=CCCCCCCC(CC)C(=O)OP(=O)(O)O. The molecule has 1 atom stereocenters. The van der Waals surface area contributed by atoms with Crippen LogP contribution in [0.2, 0.25) is 0 Å². The van der Waals surface area contributed by atoms with Crippen LogP contribution in [0.3, 0.4) is 0 Å². The van der Waals surface area contributed by atoms with Gasteiger partial charge in [-0.3, -0.25) is 14.6 Å². The minimum absolute atomic E-state index is 0.417. The summed E-state index contributed by atoms with van der Waals surface area (Å²) in [6, 6.07) is 0. The average Bonchev–Trinajstić information content (AvgIpc) is 2.57. The molecule has 0 aliphatic heterocycles. The predicted octanol–water partition coefficient (Wildman–Crippen LogP) is 6.30. The number of hydrogen-bond acceptors (Lipinski definition) is 3. The van der Waals surface area contributed by atoms with Gasteiger partial charge >= 0.3 is 13.8 Å². The van der Waals surface area contributed by atoms with Gasteiger partial charge in [0.1, 0.15) is 0 Å². The van der Waals surface area contributed by atoms with Gasteiger partial charge in [0, 0.05) is 0 Å². The van der Waals surface area contributed by atoms with Crippen molar-refractivity contribution in [2.24, 2.45) is 5.92 Å². The first kappa shape index (κ1) is 25.4. The summed E-state index contributed by atoms with van der Waals surface area (Å²) >= 11 is 0. The molecule has 0 saturated heterocycles. The highest BCUT2D eigenvalue weighted by molar-refractivity contribution is 7.46. The summed E-state index contributed by atoms with van der Waals surface area (Å²) < 4.78 is 14.9. The summed E-state index contributed by atoms with van der Waals surface area (Å²) in [6.45, 7) is 4.07. The first-order chi connectivity index (χ1) is 12.4. The van der Waals surface area contributed by atoms with E-state index in [9.17, 15) is 9.36 Å². The van der Waals surface area contributed by atoms with Crippen LogP contribution in [0.25, 0.3) is 0 Å². The monoisotopic (exact) mass is 390 g/mol. The fourth-order valence-corrected chi connectivity index (χ4v) is 3.35. The molecule has 0 aromatic rings. The van der Waals surface area contributed by atoms with Crippen LogP contribution in [0.5, 0.6) is 0 Å². The first-order valence-corrected chi connectivity index (χ1v) is 11.9. The molecule has 0 aromatic heterocycles. The molecule has 26 heavy (non-hydrogen) atoms. The Kier molecular flexibility index (Phi) is 16.1. The van der Waals surface area contributed by atoms with Crippen molar-refractivity contribution in [3.63, 3.8) is 0 Å². The van der Waals surface area contributed by atoms with Crippen LogP contribution in [0.15, 0.2) is 12.2 Å². The molecule has 0 amide bonds. The third kappa shape index (κ3) is 16.8. The quantitative estimate of drug-likeness (QED) is 0.173. The number of hydrogen-bond donors (Lipinski definition) is 2. The lowest BCUT2D eigenvalue weighted by molar-refractivity contribution is -0.140. The Bertz CT molecular complexity index is 416. The number of phosphoric acid groups is 1. The Morgan fingerprint density at radius 1 is 0.885 bits per heavy atom. The maximum Gasteiger partial charge on any atom is 0.526 e. The van der Waals surface area contributed by atoms with Crippen LogP contribution in [0.4, 0.5) is 0 Å². The second-order valence-corrected chi connectivity index (χ2v) is 8.19. The fourth-order valence-electron chi connectivity index (χ4n) is 2.97. The van der Waals surface area contributed by atoms with Gasteiger partial charge in [0.25, 0.3) is 0 Å². The topological polar surface area (TPSA) is 83.8 Å². The second kappa shape index (κ2) is 16.5. The molecule has 6 heteroatoms. The van der Waals surface area contributed by atoms with Crippen molar-refractivity contribution in [3.05, 3.63) is 12.2 Å². The van der Waals surface area contributed by atoms with Crippen molar-refractivity contribution < 1.29 is 23.7 Å². The minimum Gasteiger partial charge on any atom is -0.370 e. The van der Waals surface area contributed by atoms with Crippen molar-refractivity contribution in [2.45, 2.75) is 104 Å². The van der Waals surface area contributed by atoms with Crippen LogP contribution in [-0.4, -0.2) is 15.8 Å². The zero-order valence-corrected chi connectivity index (χ0v) is 17.6. The molecule has 0 rings (SSSR count). The molecule has 2 N–H and O–H groups in total. The molecular weight excluding hydrogens is 351 g/mol. The predicted molar refractivity (Wildman–Crippen MR) is 107 cm³/mol. The number of carbonyl (C=O) groups is 1. The van der Waals surface area contributed by atoms with E-state index >= 15 is 0 Å². The Balaban J connectivity index is 3.55. The van der Waals surface area contributed by atoms with E-state index in [1.54, 1.807) is 0 Å². The smallest absolute Gasteiger partial charge is 0.370 e. The summed E-state index contributed by atoms with van der Waals surface area (Å²) in [5.74, 6) is -1.20. The van der Waals surface area contributed by atoms with Crippen LogP contribution in [0, 0.1) is 5.92 Å². The molecule has 154 valence electrons. The number of phosphoric ester groups is 1. The zero-order valence-electron chi connectivity index (χ0n) is 16.7. The third-order valence-corrected chi connectivity index (χ3v) is 5.02. The van der Waals surface area contributed by atoms with Gasteiger partial charge in [-0.15, -0.1) is 0 Å². The van der Waals surface area contributed by atoms with Crippen molar-refractivity contribution in [1.82, 2.24) is 0 Å². The average molecular weight is 391 g/mol. The van der Waals surface area contributed by atoms with E-state index in [4.69, 9.17) is 9.79 Å². The highest BCUT2D eigenvalue weighted by Crippen LogP contribution is 2.37. The van der Waals surface area contributed by atoms with E-state index in [0.29, 0.717) is 12.8 Å². The third-order valence-electron chi connectivity index (χ3n) is 4.60. The fraction of sp³-hybridized carbons (Fsp3) is 0.850. The van der Waals surface area contributed by atoms with E-state index in [2.05, 4.69) is 23.6 Å². The Morgan fingerprint density at radius 3 is 1.88 bits per heavy atom. The molecule has 0 heterocycles. The molecule has 0 spiro atoms. The lowest BCUT2D eigenvalue weighted by Gasteiger charge is -2.14. The highest BCUT2D eigenvalue weighted by atomic mass is 31.2. The number of rotatable bonds is 17. The van der Waals surface area contributed by atoms with E-state index < -0.39 is 19.7 Å². The molecule has 0 fully saturated rings. The van der Waals surface area contributed by atoms with Gasteiger partial charge in [-0.1, -0.05) is 77.4 Å². The van der Waals surface area contributed by atoms with Gasteiger partial charge in [0.2, 0.25) is 0 Å². The summed E-state index contributed by atoms with van der Waals surface area (Å²) in [6.07, 6.45) is 20.3. The van der Waals surface area contributed by atoms with Crippen molar-refractivity contribution in [2.75, 3.05) is 0 Å². The molecule has 1 unspecified atom stereocenters. The molecule has 0 aliphatic rings. The van der Waals surface area contributed by atoms with Crippen LogP contribution < -0.4 is 0 Å². The Hall–Kier alpha value is -0.640. The number of carbonyl (C=O) groups excluding carboxylic acids is 1.